The summed E-state index contributed by atoms with van der Waals surface area (Å²) in [5, 5.41) is 5.41. The van der Waals surface area contributed by atoms with Crippen LogP contribution in [0.2, 0.25) is 0 Å². The molecule has 2 N–H and O–H groups in total. The average Bonchev–Trinajstić information content (AvgIpc) is 2.61. The van der Waals surface area contributed by atoms with E-state index in [9.17, 15) is 0 Å². The van der Waals surface area contributed by atoms with Gasteiger partial charge in [-0.05, 0) is 25.1 Å². The fourth-order valence-electron chi connectivity index (χ4n) is 1.55. The second-order valence-electron chi connectivity index (χ2n) is 3.69. The number of ether oxygens (including phenoxy) is 1. The summed E-state index contributed by atoms with van der Waals surface area (Å²) in [7, 11) is 1.70. The number of hydrogen-bond acceptors (Lipinski definition) is 3. The Balaban J connectivity index is 2.39. The lowest BCUT2D eigenvalue weighted by atomic mass is 10.2. The van der Waals surface area contributed by atoms with Gasteiger partial charge < -0.3 is 10.5 Å². The van der Waals surface area contributed by atoms with Crippen LogP contribution >= 0.6 is 0 Å². The quantitative estimate of drug-likeness (QED) is 0.775. The summed E-state index contributed by atoms with van der Waals surface area (Å²) in [4.78, 5) is 0. The zero-order chi connectivity index (χ0) is 10.8. The number of hydrogen-bond donors (Lipinski definition) is 1. The molecule has 0 fully saturated rings. The molecule has 0 aliphatic rings. The Labute approximate surface area is 88.6 Å². The number of benzene rings is 1. The van der Waals surface area contributed by atoms with Gasteiger partial charge in [0.1, 0.15) is 0 Å². The van der Waals surface area contributed by atoms with Crippen LogP contribution in [0.3, 0.4) is 0 Å². The van der Waals surface area contributed by atoms with E-state index >= 15 is 0 Å². The van der Waals surface area contributed by atoms with Crippen LogP contribution in [0.5, 0.6) is 0 Å². The zero-order valence-corrected chi connectivity index (χ0v) is 8.97. The van der Waals surface area contributed by atoms with Gasteiger partial charge in [-0.25, -0.2) is 0 Å². The van der Waals surface area contributed by atoms with Gasteiger partial charge in [0.2, 0.25) is 0 Å². The van der Waals surface area contributed by atoms with Crippen LogP contribution in [0.25, 0.3) is 10.9 Å². The van der Waals surface area contributed by atoms with Gasteiger partial charge in [-0.2, -0.15) is 5.10 Å². The molecule has 80 valence electrons. The first kappa shape index (κ1) is 9.98. The van der Waals surface area contributed by atoms with Gasteiger partial charge in [0, 0.05) is 18.2 Å². The number of aromatic nitrogens is 2. The van der Waals surface area contributed by atoms with Crippen molar-refractivity contribution in [3.8, 4) is 0 Å². The second-order valence-corrected chi connectivity index (χ2v) is 3.69. The van der Waals surface area contributed by atoms with E-state index in [1.54, 1.807) is 7.11 Å². The third-order valence-electron chi connectivity index (χ3n) is 2.50. The fourth-order valence-corrected chi connectivity index (χ4v) is 1.55. The number of nitrogens with zero attached hydrogens (tertiary/aromatic N) is 2. The van der Waals surface area contributed by atoms with Gasteiger partial charge >= 0.3 is 0 Å². The maximum absolute atomic E-state index is 5.74. The molecule has 0 aliphatic heterocycles. The van der Waals surface area contributed by atoms with Crippen LogP contribution < -0.4 is 5.73 Å². The molecule has 0 spiro atoms. The normalized spacial score (nSPS) is 13.2. The Morgan fingerprint density at radius 1 is 1.53 bits per heavy atom. The smallest absolute Gasteiger partial charge is 0.0739 e. The Kier molecular flexibility index (Phi) is 2.60. The molecule has 1 atom stereocenters. The lowest BCUT2D eigenvalue weighted by Crippen LogP contribution is -2.15. The molecule has 4 nitrogen and oxygen atoms in total. The predicted octanol–water partition coefficient (Wildman–Crippen LogP) is 1.65. The SMILES string of the molecule is COC(C)Cn1ncc2ccc(N)cc21. The van der Waals surface area contributed by atoms with Gasteiger partial charge in [0.05, 0.1) is 24.4 Å². The van der Waals surface area contributed by atoms with E-state index in [1.807, 2.05) is 36.0 Å². The Bertz CT molecular complexity index is 464. The molecule has 0 saturated carbocycles. The molecular weight excluding hydrogens is 190 g/mol. The van der Waals surface area contributed by atoms with Crippen molar-refractivity contribution in [2.75, 3.05) is 12.8 Å². The topological polar surface area (TPSA) is 53.1 Å². The number of anilines is 1. The molecule has 2 aromatic rings. The highest BCUT2D eigenvalue weighted by molar-refractivity contribution is 5.81. The summed E-state index contributed by atoms with van der Waals surface area (Å²) in [5.41, 5.74) is 7.56. The minimum absolute atomic E-state index is 0.148. The van der Waals surface area contributed by atoms with E-state index in [4.69, 9.17) is 10.5 Å². The van der Waals surface area contributed by atoms with Crippen molar-refractivity contribution in [1.82, 2.24) is 9.78 Å². The minimum Gasteiger partial charge on any atom is -0.399 e. The van der Waals surface area contributed by atoms with E-state index < -0.39 is 0 Å². The molecule has 1 aromatic carbocycles. The predicted molar refractivity (Wildman–Crippen MR) is 60.6 cm³/mol. The molecule has 0 radical (unpaired) electrons. The van der Waals surface area contributed by atoms with Crippen molar-refractivity contribution in [1.29, 1.82) is 0 Å². The van der Waals surface area contributed by atoms with Crippen LogP contribution in [-0.4, -0.2) is 23.0 Å². The fraction of sp³-hybridized carbons (Fsp3) is 0.364. The van der Waals surface area contributed by atoms with Crippen molar-refractivity contribution in [3.05, 3.63) is 24.4 Å². The molecule has 15 heavy (non-hydrogen) atoms. The third kappa shape index (κ3) is 1.94. The average molecular weight is 205 g/mol. The van der Waals surface area contributed by atoms with Gasteiger partial charge in [-0.1, -0.05) is 0 Å². The lowest BCUT2D eigenvalue weighted by Gasteiger charge is -2.10. The summed E-state index contributed by atoms with van der Waals surface area (Å²) >= 11 is 0. The molecule has 0 aliphatic carbocycles. The van der Waals surface area contributed by atoms with Crippen molar-refractivity contribution in [2.45, 2.75) is 19.6 Å². The monoisotopic (exact) mass is 205 g/mol. The largest absolute Gasteiger partial charge is 0.399 e. The van der Waals surface area contributed by atoms with Crippen molar-refractivity contribution >= 4 is 16.6 Å². The highest BCUT2D eigenvalue weighted by atomic mass is 16.5. The molecule has 1 unspecified atom stereocenters. The van der Waals surface area contributed by atoms with E-state index in [-0.39, 0.29) is 6.10 Å². The van der Waals surface area contributed by atoms with Gasteiger partial charge in [-0.15, -0.1) is 0 Å². The first-order valence-corrected chi connectivity index (χ1v) is 4.94. The molecule has 4 heteroatoms. The molecule has 0 saturated heterocycles. The van der Waals surface area contributed by atoms with E-state index in [0.717, 1.165) is 23.1 Å². The number of nitrogens with two attached hydrogens (primary N) is 1. The summed E-state index contributed by atoms with van der Waals surface area (Å²) in [6.07, 6.45) is 1.99. The highest BCUT2D eigenvalue weighted by Gasteiger charge is 2.06. The Morgan fingerprint density at radius 2 is 2.33 bits per heavy atom. The Hall–Kier alpha value is -1.55. The van der Waals surface area contributed by atoms with Crippen LogP contribution in [0.1, 0.15) is 6.92 Å². The van der Waals surface area contributed by atoms with Crippen LogP contribution in [0.4, 0.5) is 5.69 Å². The number of rotatable bonds is 3. The summed E-state index contributed by atoms with van der Waals surface area (Å²) in [5.74, 6) is 0. The van der Waals surface area contributed by atoms with Crippen LogP contribution in [-0.2, 0) is 11.3 Å². The van der Waals surface area contributed by atoms with Crippen molar-refractivity contribution in [2.24, 2.45) is 0 Å². The van der Waals surface area contributed by atoms with Gasteiger partial charge in [0.15, 0.2) is 0 Å². The van der Waals surface area contributed by atoms with Crippen LogP contribution in [0.15, 0.2) is 24.4 Å². The molecule has 0 bridgehead atoms. The molecular formula is C11H15N3O. The highest BCUT2D eigenvalue weighted by Crippen LogP contribution is 2.17. The third-order valence-corrected chi connectivity index (χ3v) is 2.50. The first-order chi connectivity index (χ1) is 7.20. The maximum Gasteiger partial charge on any atom is 0.0739 e. The number of nitrogen functional groups attached to an aromatic ring is 1. The summed E-state index contributed by atoms with van der Waals surface area (Å²) in [6.45, 7) is 2.75. The standard InChI is InChI=1S/C11H15N3O/c1-8(15-2)7-14-11-5-10(12)4-3-9(11)6-13-14/h3-6,8H,7,12H2,1-2H3. The lowest BCUT2D eigenvalue weighted by molar-refractivity contribution is 0.101. The number of methoxy groups -OCH3 is 1. The van der Waals surface area contributed by atoms with Gasteiger partial charge in [0.25, 0.3) is 0 Å². The summed E-state index contributed by atoms with van der Waals surface area (Å²) < 4.78 is 7.13. The minimum atomic E-state index is 0.148. The van der Waals surface area contributed by atoms with E-state index in [1.165, 1.54) is 0 Å². The van der Waals surface area contributed by atoms with Crippen molar-refractivity contribution in [3.63, 3.8) is 0 Å². The van der Waals surface area contributed by atoms with E-state index in [2.05, 4.69) is 5.10 Å². The summed E-state index contributed by atoms with van der Waals surface area (Å²) in [6, 6.07) is 5.80. The zero-order valence-electron chi connectivity index (χ0n) is 8.97. The van der Waals surface area contributed by atoms with E-state index in [0.29, 0.717) is 0 Å². The Morgan fingerprint density at radius 3 is 3.07 bits per heavy atom. The van der Waals surface area contributed by atoms with Crippen LogP contribution in [0, 0.1) is 0 Å². The van der Waals surface area contributed by atoms with Crippen molar-refractivity contribution < 1.29 is 4.74 Å². The van der Waals surface area contributed by atoms with Gasteiger partial charge in [-0.3, -0.25) is 4.68 Å². The molecule has 0 amide bonds. The first-order valence-electron chi connectivity index (χ1n) is 4.94. The second kappa shape index (κ2) is 3.90. The number of fused-ring (bicyclic) bond motifs is 1. The maximum atomic E-state index is 5.74. The molecule has 1 aromatic heterocycles. The molecule has 2 rings (SSSR count). The molecule has 1 heterocycles.